The van der Waals surface area contributed by atoms with Crippen molar-refractivity contribution in [3.05, 3.63) is 41.6 Å². The Bertz CT molecular complexity index is 383. The number of rotatable bonds is 0. The number of benzene rings is 1. The quantitative estimate of drug-likeness (QED) is 0.672. The largest absolute Gasteiger partial charge is 0.349 e. The molecule has 66 valence electrons. The van der Waals surface area contributed by atoms with Gasteiger partial charge in [0, 0.05) is 21.1 Å². The van der Waals surface area contributed by atoms with Crippen molar-refractivity contribution in [1.82, 2.24) is 4.98 Å². The van der Waals surface area contributed by atoms with Crippen LogP contribution >= 0.6 is 0 Å². The maximum Gasteiger partial charge on any atom is 0 e. The third-order valence-corrected chi connectivity index (χ3v) is 2.06. The zero-order chi connectivity index (χ0) is 8.55. The van der Waals surface area contributed by atoms with Crippen LogP contribution in [0.2, 0.25) is 0 Å². The van der Waals surface area contributed by atoms with Gasteiger partial charge < -0.3 is 4.98 Å². The van der Waals surface area contributed by atoms with E-state index < -0.39 is 0 Å². The molecular formula is C11H10NW-. The van der Waals surface area contributed by atoms with E-state index in [1.165, 1.54) is 0 Å². The molecule has 2 heteroatoms. The summed E-state index contributed by atoms with van der Waals surface area (Å²) in [5, 5.41) is 1.10. The zero-order valence-electron chi connectivity index (χ0n) is 7.66. The minimum Gasteiger partial charge on any atom is -0.349 e. The van der Waals surface area contributed by atoms with Crippen molar-refractivity contribution < 1.29 is 21.1 Å². The van der Waals surface area contributed by atoms with Gasteiger partial charge in [-0.05, 0) is 11.2 Å². The SMILES string of the molecule is Cc1[c-]c2ccccc2nc1C.[W]. The number of pyridine rings is 1. The molecule has 0 atom stereocenters. The van der Waals surface area contributed by atoms with Gasteiger partial charge in [-0.25, -0.2) is 0 Å². The maximum atomic E-state index is 4.44. The molecule has 0 saturated carbocycles. The topological polar surface area (TPSA) is 12.9 Å². The molecule has 0 unspecified atom stereocenters. The molecule has 1 aromatic heterocycles. The molecule has 1 nitrogen and oxygen atoms in total. The summed E-state index contributed by atoms with van der Waals surface area (Å²) < 4.78 is 0. The molecule has 0 fully saturated rings. The normalized spacial score (nSPS) is 9.69. The first kappa shape index (κ1) is 10.4. The number of aryl methyl sites for hydroxylation is 2. The zero-order valence-corrected chi connectivity index (χ0v) is 10.6. The van der Waals surface area contributed by atoms with Gasteiger partial charge in [0.2, 0.25) is 0 Å². The molecule has 0 aliphatic carbocycles. The monoisotopic (exact) mass is 340 g/mol. The van der Waals surface area contributed by atoms with E-state index >= 15 is 0 Å². The molecule has 13 heavy (non-hydrogen) atoms. The molecule has 0 N–H and O–H groups in total. The summed E-state index contributed by atoms with van der Waals surface area (Å²) in [5.41, 5.74) is 3.23. The Hall–Kier alpha value is -0.682. The van der Waals surface area contributed by atoms with Crippen molar-refractivity contribution in [2.75, 3.05) is 0 Å². The van der Waals surface area contributed by atoms with E-state index in [0.29, 0.717) is 0 Å². The fraction of sp³-hybridized carbons (Fsp3) is 0.182. The van der Waals surface area contributed by atoms with Gasteiger partial charge in [-0.2, -0.15) is 0 Å². The van der Waals surface area contributed by atoms with Crippen LogP contribution in [0, 0.1) is 19.9 Å². The van der Waals surface area contributed by atoms with E-state index in [4.69, 9.17) is 0 Å². The van der Waals surface area contributed by atoms with Gasteiger partial charge >= 0.3 is 0 Å². The average Bonchev–Trinajstić information content (AvgIpc) is 2.07. The van der Waals surface area contributed by atoms with Crippen LogP contribution in [-0.4, -0.2) is 4.98 Å². The van der Waals surface area contributed by atoms with Gasteiger partial charge in [0.15, 0.2) is 0 Å². The predicted molar refractivity (Wildman–Crippen MR) is 50.1 cm³/mol. The van der Waals surface area contributed by atoms with Crippen LogP contribution in [0.4, 0.5) is 0 Å². The molecule has 0 spiro atoms. The van der Waals surface area contributed by atoms with E-state index in [2.05, 4.69) is 11.1 Å². The number of hydrogen-bond acceptors (Lipinski definition) is 1. The van der Waals surface area contributed by atoms with Gasteiger partial charge in [0.1, 0.15) is 0 Å². The Balaban J connectivity index is 0.000000845. The summed E-state index contributed by atoms with van der Waals surface area (Å²) in [6.45, 7) is 4.05. The second kappa shape index (κ2) is 4.02. The predicted octanol–water partition coefficient (Wildman–Crippen LogP) is 2.65. The van der Waals surface area contributed by atoms with E-state index in [9.17, 15) is 0 Å². The van der Waals surface area contributed by atoms with Gasteiger partial charge in [0.25, 0.3) is 0 Å². The molecular weight excluding hydrogens is 330 g/mol. The van der Waals surface area contributed by atoms with Crippen LogP contribution in [0.3, 0.4) is 0 Å². The standard InChI is InChI=1S/C11H10N.W/c1-8-7-10-5-3-4-6-11(10)12-9(8)2;/h3-6H,1-2H3;/q-1;. The molecule has 1 heterocycles. The Morgan fingerprint density at radius 3 is 2.62 bits per heavy atom. The van der Waals surface area contributed by atoms with Crippen molar-refractivity contribution in [2.45, 2.75) is 13.8 Å². The summed E-state index contributed by atoms with van der Waals surface area (Å²) in [6.07, 6.45) is 0. The molecule has 0 aliphatic heterocycles. The average molecular weight is 340 g/mol. The summed E-state index contributed by atoms with van der Waals surface area (Å²) in [5.74, 6) is 0. The van der Waals surface area contributed by atoms with E-state index in [1.807, 2.05) is 38.1 Å². The third kappa shape index (κ3) is 1.97. The number of nitrogens with zero attached hydrogens (tertiary/aromatic N) is 1. The van der Waals surface area contributed by atoms with Crippen LogP contribution in [0.5, 0.6) is 0 Å². The minimum atomic E-state index is 0. The van der Waals surface area contributed by atoms with Crippen molar-refractivity contribution in [3.8, 4) is 0 Å². The summed E-state index contributed by atoms with van der Waals surface area (Å²) in [6, 6.07) is 11.4. The summed E-state index contributed by atoms with van der Waals surface area (Å²) in [7, 11) is 0. The third-order valence-electron chi connectivity index (χ3n) is 2.06. The maximum absolute atomic E-state index is 4.44. The Labute approximate surface area is 92.5 Å². The van der Waals surface area contributed by atoms with Gasteiger partial charge in [-0.3, -0.25) is 0 Å². The fourth-order valence-corrected chi connectivity index (χ4v) is 1.23. The van der Waals surface area contributed by atoms with Crippen molar-refractivity contribution >= 4 is 10.9 Å². The van der Waals surface area contributed by atoms with Gasteiger partial charge in [-0.15, -0.1) is 29.1 Å². The van der Waals surface area contributed by atoms with Crippen molar-refractivity contribution in [1.29, 1.82) is 0 Å². The molecule has 1 aromatic carbocycles. The first-order chi connectivity index (χ1) is 5.77. The van der Waals surface area contributed by atoms with Gasteiger partial charge in [-0.1, -0.05) is 26.0 Å². The molecule has 0 saturated heterocycles. The van der Waals surface area contributed by atoms with E-state index in [1.54, 1.807) is 0 Å². The number of hydrogen-bond donors (Lipinski definition) is 0. The van der Waals surface area contributed by atoms with Gasteiger partial charge in [0.05, 0.1) is 0 Å². The van der Waals surface area contributed by atoms with Crippen LogP contribution < -0.4 is 0 Å². The van der Waals surface area contributed by atoms with E-state index in [0.717, 1.165) is 22.2 Å². The van der Waals surface area contributed by atoms with E-state index in [-0.39, 0.29) is 21.1 Å². The minimum absolute atomic E-state index is 0. The number of fused-ring (bicyclic) bond motifs is 1. The molecule has 0 amide bonds. The first-order valence-electron chi connectivity index (χ1n) is 4.02. The first-order valence-corrected chi connectivity index (χ1v) is 4.02. The van der Waals surface area contributed by atoms with Crippen molar-refractivity contribution in [3.63, 3.8) is 0 Å². The summed E-state index contributed by atoms with van der Waals surface area (Å²) >= 11 is 0. The second-order valence-corrected chi connectivity index (χ2v) is 2.96. The molecule has 0 bridgehead atoms. The van der Waals surface area contributed by atoms with Crippen molar-refractivity contribution in [2.24, 2.45) is 0 Å². The van der Waals surface area contributed by atoms with Crippen LogP contribution in [0.1, 0.15) is 11.3 Å². The van der Waals surface area contributed by atoms with Crippen LogP contribution in [-0.2, 0) is 21.1 Å². The Morgan fingerprint density at radius 1 is 1.15 bits per heavy atom. The molecule has 0 aliphatic rings. The molecule has 2 rings (SSSR count). The van der Waals surface area contributed by atoms with Crippen LogP contribution in [0.15, 0.2) is 24.3 Å². The Morgan fingerprint density at radius 2 is 1.85 bits per heavy atom. The Kier molecular flexibility index (Phi) is 3.21. The smallest absolute Gasteiger partial charge is 0 e. The molecule has 2 aromatic rings. The second-order valence-electron chi connectivity index (χ2n) is 2.96. The fourth-order valence-electron chi connectivity index (χ4n) is 1.23. The number of aromatic nitrogens is 1. The summed E-state index contributed by atoms with van der Waals surface area (Å²) in [4.78, 5) is 4.44. The van der Waals surface area contributed by atoms with Crippen LogP contribution in [0.25, 0.3) is 10.9 Å². The number of para-hydroxylation sites is 1. The molecule has 0 radical (unpaired) electrons.